The fraction of sp³-hybridized carbons (Fsp3) is 0.0952. The minimum atomic E-state index is -3.95. The first-order valence-electron chi connectivity index (χ1n) is 9.03. The SMILES string of the molecule is O=[N+]([O-])c1cccc(C2CC(c3ccc(Br)cc3)=NN2S(=O)(=O)c2ccccc2)c1. The van der Waals surface area contributed by atoms with Gasteiger partial charge in [-0.2, -0.15) is 17.9 Å². The molecule has 0 N–H and O–H groups in total. The van der Waals surface area contributed by atoms with E-state index in [0.29, 0.717) is 17.7 Å². The van der Waals surface area contributed by atoms with Gasteiger partial charge in [0.1, 0.15) is 0 Å². The van der Waals surface area contributed by atoms with Crippen LogP contribution < -0.4 is 0 Å². The van der Waals surface area contributed by atoms with Gasteiger partial charge < -0.3 is 0 Å². The van der Waals surface area contributed by atoms with E-state index >= 15 is 0 Å². The van der Waals surface area contributed by atoms with Gasteiger partial charge in [-0.05, 0) is 35.4 Å². The number of halogens is 1. The molecule has 0 radical (unpaired) electrons. The zero-order chi connectivity index (χ0) is 21.3. The van der Waals surface area contributed by atoms with Crippen molar-refractivity contribution in [1.29, 1.82) is 0 Å². The van der Waals surface area contributed by atoms with Crippen molar-refractivity contribution in [3.05, 3.63) is 105 Å². The largest absolute Gasteiger partial charge is 0.279 e. The molecule has 7 nitrogen and oxygen atoms in total. The van der Waals surface area contributed by atoms with Crippen molar-refractivity contribution < 1.29 is 13.3 Å². The molecule has 0 bridgehead atoms. The Bertz CT molecular complexity index is 1230. The molecule has 9 heteroatoms. The number of nitrogens with zero attached hydrogens (tertiary/aromatic N) is 3. The molecular formula is C21H16BrN3O4S. The van der Waals surface area contributed by atoms with Crippen LogP contribution in [0.2, 0.25) is 0 Å². The van der Waals surface area contributed by atoms with Gasteiger partial charge in [-0.3, -0.25) is 10.1 Å². The van der Waals surface area contributed by atoms with Crippen molar-refractivity contribution >= 4 is 37.4 Å². The number of hydrogen-bond donors (Lipinski definition) is 0. The molecule has 1 heterocycles. The summed E-state index contributed by atoms with van der Waals surface area (Å²) in [6.07, 6.45) is 0.300. The van der Waals surface area contributed by atoms with Crippen LogP contribution in [0.1, 0.15) is 23.6 Å². The number of nitro benzene ring substituents is 1. The molecule has 0 saturated heterocycles. The minimum Gasteiger partial charge on any atom is -0.258 e. The molecule has 0 saturated carbocycles. The van der Waals surface area contributed by atoms with Gasteiger partial charge in [-0.15, -0.1) is 0 Å². The summed E-state index contributed by atoms with van der Waals surface area (Å²) in [5.41, 5.74) is 1.80. The van der Waals surface area contributed by atoms with Crippen LogP contribution in [-0.4, -0.2) is 23.5 Å². The molecule has 0 amide bonds. The number of hydrazone groups is 1. The lowest BCUT2D eigenvalue weighted by atomic mass is 9.99. The van der Waals surface area contributed by atoms with E-state index in [9.17, 15) is 18.5 Å². The van der Waals surface area contributed by atoms with Crippen molar-refractivity contribution in [2.24, 2.45) is 5.10 Å². The number of hydrogen-bond acceptors (Lipinski definition) is 5. The Balaban J connectivity index is 1.81. The first-order chi connectivity index (χ1) is 14.4. The monoisotopic (exact) mass is 485 g/mol. The molecule has 1 aliphatic heterocycles. The highest BCUT2D eigenvalue weighted by molar-refractivity contribution is 9.10. The summed E-state index contributed by atoms with van der Waals surface area (Å²) in [5, 5.41) is 15.7. The maximum atomic E-state index is 13.3. The van der Waals surface area contributed by atoms with Crippen molar-refractivity contribution in [2.75, 3.05) is 0 Å². The smallest absolute Gasteiger partial charge is 0.258 e. The highest BCUT2D eigenvalue weighted by Gasteiger charge is 2.38. The Morgan fingerprint density at radius 2 is 1.70 bits per heavy atom. The molecule has 1 aliphatic rings. The Morgan fingerprint density at radius 1 is 1.00 bits per heavy atom. The lowest BCUT2D eigenvalue weighted by Gasteiger charge is -2.23. The average Bonchev–Trinajstić information content (AvgIpc) is 3.21. The second kappa shape index (κ2) is 8.00. The van der Waals surface area contributed by atoms with Crippen LogP contribution in [0.5, 0.6) is 0 Å². The van der Waals surface area contributed by atoms with E-state index in [1.54, 1.807) is 30.3 Å². The van der Waals surface area contributed by atoms with E-state index < -0.39 is 21.0 Å². The molecule has 0 aliphatic carbocycles. The Labute approximate surface area is 182 Å². The van der Waals surface area contributed by atoms with E-state index in [1.165, 1.54) is 24.3 Å². The standard InChI is InChI=1S/C21H16BrN3O4S/c22-17-11-9-15(10-12-17)20-14-21(16-5-4-6-18(13-16)25(26)27)24(23-20)30(28,29)19-7-2-1-3-8-19/h1-13,21H,14H2. The molecule has 0 spiro atoms. The number of benzene rings is 3. The summed E-state index contributed by atoms with van der Waals surface area (Å²) in [4.78, 5) is 10.8. The van der Waals surface area contributed by atoms with Crippen LogP contribution in [0.25, 0.3) is 0 Å². The van der Waals surface area contributed by atoms with Crippen LogP contribution in [0.3, 0.4) is 0 Å². The highest BCUT2D eigenvalue weighted by atomic mass is 79.9. The fourth-order valence-electron chi connectivity index (χ4n) is 3.32. The first-order valence-corrected chi connectivity index (χ1v) is 11.3. The first kappa shape index (κ1) is 20.2. The molecule has 4 rings (SSSR count). The summed E-state index contributed by atoms with van der Waals surface area (Å²) in [6.45, 7) is 0. The van der Waals surface area contributed by atoms with Crippen LogP contribution in [0.15, 0.2) is 93.3 Å². The second-order valence-corrected chi connectivity index (χ2v) is 9.43. The zero-order valence-electron chi connectivity index (χ0n) is 15.6. The average molecular weight is 486 g/mol. The number of rotatable bonds is 5. The summed E-state index contributed by atoms with van der Waals surface area (Å²) < 4.78 is 28.7. The predicted molar refractivity (Wildman–Crippen MR) is 117 cm³/mol. The lowest BCUT2D eigenvalue weighted by Crippen LogP contribution is -2.27. The van der Waals surface area contributed by atoms with Crippen LogP contribution in [-0.2, 0) is 10.0 Å². The topological polar surface area (TPSA) is 92.9 Å². The van der Waals surface area contributed by atoms with Crippen molar-refractivity contribution in [3.63, 3.8) is 0 Å². The van der Waals surface area contributed by atoms with E-state index in [2.05, 4.69) is 21.0 Å². The summed E-state index contributed by atoms with van der Waals surface area (Å²) in [6, 6.07) is 20.8. The molecule has 1 atom stereocenters. The van der Waals surface area contributed by atoms with Crippen LogP contribution >= 0.6 is 15.9 Å². The summed E-state index contributed by atoms with van der Waals surface area (Å²) in [7, 11) is -3.95. The third-order valence-electron chi connectivity index (χ3n) is 4.80. The van der Waals surface area contributed by atoms with Gasteiger partial charge in [-0.25, -0.2) is 0 Å². The quantitative estimate of drug-likeness (QED) is 0.379. The molecular weight excluding hydrogens is 470 g/mol. The van der Waals surface area contributed by atoms with Crippen LogP contribution in [0.4, 0.5) is 5.69 Å². The van der Waals surface area contributed by atoms with Gasteiger partial charge in [0.25, 0.3) is 15.7 Å². The van der Waals surface area contributed by atoms with Gasteiger partial charge >= 0.3 is 0 Å². The number of sulfonamides is 1. The molecule has 30 heavy (non-hydrogen) atoms. The molecule has 3 aromatic carbocycles. The maximum Gasteiger partial charge on any atom is 0.279 e. The normalized spacial score (nSPS) is 16.4. The van der Waals surface area contributed by atoms with E-state index in [1.807, 2.05) is 24.3 Å². The molecule has 1 unspecified atom stereocenters. The van der Waals surface area contributed by atoms with Gasteiger partial charge in [0.05, 0.1) is 21.6 Å². The van der Waals surface area contributed by atoms with E-state index in [-0.39, 0.29) is 10.6 Å². The van der Waals surface area contributed by atoms with E-state index in [0.717, 1.165) is 14.5 Å². The Morgan fingerprint density at radius 3 is 2.37 bits per heavy atom. The van der Waals surface area contributed by atoms with Crippen molar-refractivity contribution in [1.82, 2.24) is 4.41 Å². The number of non-ortho nitro benzene ring substituents is 1. The summed E-state index contributed by atoms with van der Waals surface area (Å²) in [5.74, 6) is 0. The molecule has 0 aromatic heterocycles. The molecule has 3 aromatic rings. The van der Waals surface area contributed by atoms with Gasteiger partial charge in [0, 0.05) is 23.0 Å². The van der Waals surface area contributed by atoms with E-state index in [4.69, 9.17) is 0 Å². The maximum absolute atomic E-state index is 13.3. The van der Waals surface area contributed by atoms with Crippen molar-refractivity contribution in [3.8, 4) is 0 Å². The van der Waals surface area contributed by atoms with Gasteiger partial charge in [-0.1, -0.05) is 58.4 Å². The third-order valence-corrected chi connectivity index (χ3v) is 7.03. The molecule has 152 valence electrons. The van der Waals surface area contributed by atoms with Gasteiger partial charge in [0.2, 0.25) is 0 Å². The number of nitro groups is 1. The Hall–Kier alpha value is -3.04. The van der Waals surface area contributed by atoms with Gasteiger partial charge in [0.15, 0.2) is 0 Å². The zero-order valence-corrected chi connectivity index (χ0v) is 18.0. The second-order valence-electron chi connectivity index (χ2n) is 6.72. The lowest BCUT2D eigenvalue weighted by molar-refractivity contribution is -0.384. The highest BCUT2D eigenvalue weighted by Crippen LogP contribution is 2.38. The molecule has 0 fully saturated rings. The fourth-order valence-corrected chi connectivity index (χ4v) is 5.04. The Kier molecular flexibility index (Phi) is 5.40. The van der Waals surface area contributed by atoms with Crippen molar-refractivity contribution in [2.45, 2.75) is 17.4 Å². The third kappa shape index (κ3) is 3.86. The predicted octanol–water partition coefficient (Wildman–Crippen LogP) is 4.90. The van der Waals surface area contributed by atoms with Crippen LogP contribution in [0, 0.1) is 10.1 Å². The minimum absolute atomic E-state index is 0.0957. The summed E-state index contributed by atoms with van der Waals surface area (Å²) >= 11 is 3.39.